The number of benzene rings is 4. The molecule has 136 valence electrons. The van der Waals surface area contributed by atoms with Crippen LogP contribution in [0.5, 0.6) is 11.5 Å². The molecule has 0 aliphatic carbocycles. The largest absolute Gasteiger partial charge is 0.507 e. The van der Waals surface area contributed by atoms with E-state index in [1.165, 1.54) is 0 Å². The van der Waals surface area contributed by atoms with Crippen LogP contribution in [0.2, 0.25) is 5.02 Å². The zero-order valence-corrected chi connectivity index (χ0v) is 15.3. The number of carbonyl (C=O) groups is 1. The monoisotopic (exact) mass is 387 g/mol. The van der Waals surface area contributed by atoms with Crippen LogP contribution in [-0.2, 0) is 0 Å². The number of carbonyl (C=O) groups excluding carboxylic acids is 1. The smallest absolute Gasteiger partial charge is 0.347 e. The van der Waals surface area contributed by atoms with Crippen LogP contribution in [0, 0.1) is 0 Å². The van der Waals surface area contributed by atoms with Gasteiger partial charge in [0.2, 0.25) is 0 Å². The van der Waals surface area contributed by atoms with Gasteiger partial charge in [-0.2, -0.15) is 0 Å². The van der Waals surface area contributed by atoms with E-state index in [1.807, 2.05) is 30.3 Å². The fraction of sp³-hybridized carbons (Fsp3) is 0. The summed E-state index contributed by atoms with van der Waals surface area (Å²) in [7, 11) is 0. The Morgan fingerprint density at radius 3 is 2.50 bits per heavy atom. The lowest BCUT2D eigenvalue weighted by atomic mass is 10.0. The van der Waals surface area contributed by atoms with Crippen molar-refractivity contribution in [3.63, 3.8) is 0 Å². The molecular formula is C23H14ClNO3. The summed E-state index contributed by atoms with van der Waals surface area (Å²) in [5.74, 6) is -0.393. The van der Waals surface area contributed by atoms with Crippen LogP contribution >= 0.6 is 11.6 Å². The van der Waals surface area contributed by atoms with Crippen molar-refractivity contribution in [2.24, 2.45) is 0 Å². The summed E-state index contributed by atoms with van der Waals surface area (Å²) >= 11 is 5.85. The van der Waals surface area contributed by atoms with Crippen LogP contribution in [0.3, 0.4) is 0 Å². The molecule has 5 heteroatoms. The van der Waals surface area contributed by atoms with Crippen LogP contribution < -0.4 is 4.74 Å². The lowest BCUT2D eigenvalue weighted by Crippen LogP contribution is -2.08. The average Bonchev–Trinajstić information content (AvgIpc) is 3.08. The SMILES string of the molecule is O=C(Oc1ccc(Cl)cc1)c1cc2ccc3c4ccccc4[nH]c3c2cc1O. The molecule has 0 aliphatic heterocycles. The van der Waals surface area contributed by atoms with Crippen LogP contribution in [0.4, 0.5) is 0 Å². The number of phenols is 1. The number of phenolic OH excluding ortho intramolecular Hbond substituents is 1. The molecule has 0 aliphatic rings. The number of aromatic hydroxyl groups is 1. The van der Waals surface area contributed by atoms with Gasteiger partial charge < -0.3 is 14.8 Å². The molecule has 0 amide bonds. The number of rotatable bonds is 2. The molecule has 1 aromatic heterocycles. The van der Waals surface area contributed by atoms with Crippen molar-refractivity contribution in [3.8, 4) is 11.5 Å². The minimum atomic E-state index is -0.626. The second-order valence-corrected chi connectivity index (χ2v) is 7.03. The summed E-state index contributed by atoms with van der Waals surface area (Å²) in [5, 5.41) is 14.9. The van der Waals surface area contributed by atoms with Gasteiger partial charge in [0.25, 0.3) is 0 Å². The topological polar surface area (TPSA) is 62.3 Å². The Labute approximate surface area is 164 Å². The van der Waals surface area contributed by atoms with Gasteiger partial charge >= 0.3 is 5.97 Å². The zero-order chi connectivity index (χ0) is 19.3. The van der Waals surface area contributed by atoms with E-state index in [-0.39, 0.29) is 11.3 Å². The first kappa shape index (κ1) is 16.7. The highest BCUT2D eigenvalue weighted by atomic mass is 35.5. The third kappa shape index (κ3) is 2.66. The fourth-order valence-corrected chi connectivity index (χ4v) is 3.64. The van der Waals surface area contributed by atoms with Crippen molar-refractivity contribution in [3.05, 3.63) is 83.4 Å². The van der Waals surface area contributed by atoms with E-state index in [2.05, 4.69) is 11.1 Å². The van der Waals surface area contributed by atoms with Gasteiger partial charge in [0.15, 0.2) is 0 Å². The van der Waals surface area contributed by atoms with E-state index in [9.17, 15) is 9.90 Å². The predicted molar refractivity (Wildman–Crippen MR) is 111 cm³/mol. The third-order valence-corrected chi connectivity index (χ3v) is 5.11. The highest BCUT2D eigenvalue weighted by Crippen LogP contribution is 2.34. The Kier molecular flexibility index (Phi) is 3.74. The van der Waals surface area contributed by atoms with Gasteiger partial charge in [0.05, 0.1) is 5.52 Å². The maximum absolute atomic E-state index is 12.5. The molecule has 0 atom stereocenters. The second kappa shape index (κ2) is 6.29. The number of ether oxygens (including phenoxy) is 1. The molecule has 2 N–H and O–H groups in total. The molecule has 28 heavy (non-hydrogen) atoms. The number of aromatic nitrogens is 1. The number of nitrogens with one attached hydrogen (secondary N) is 1. The van der Waals surface area contributed by atoms with Crippen molar-refractivity contribution in [1.29, 1.82) is 0 Å². The summed E-state index contributed by atoms with van der Waals surface area (Å²) in [5.41, 5.74) is 2.06. The van der Waals surface area contributed by atoms with Crippen LogP contribution in [0.25, 0.3) is 32.6 Å². The van der Waals surface area contributed by atoms with E-state index in [4.69, 9.17) is 16.3 Å². The molecule has 0 radical (unpaired) electrons. The highest BCUT2D eigenvalue weighted by molar-refractivity contribution is 6.30. The molecular weight excluding hydrogens is 374 g/mol. The fourth-order valence-electron chi connectivity index (χ4n) is 3.51. The summed E-state index contributed by atoms with van der Waals surface area (Å²) in [6.07, 6.45) is 0. The number of aromatic amines is 1. The summed E-state index contributed by atoms with van der Waals surface area (Å²) in [6, 6.07) is 21.7. The Morgan fingerprint density at radius 2 is 1.68 bits per heavy atom. The van der Waals surface area contributed by atoms with E-state index in [1.54, 1.807) is 36.4 Å². The second-order valence-electron chi connectivity index (χ2n) is 6.59. The summed E-state index contributed by atoms with van der Waals surface area (Å²) < 4.78 is 5.36. The number of para-hydroxylation sites is 1. The van der Waals surface area contributed by atoms with E-state index in [0.717, 1.165) is 32.6 Å². The summed E-state index contributed by atoms with van der Waals surface area (Å²) in [4.78, 5) is 15.9. The highest BCUT2D eigenvalue weighted by Gasteiger charge is 2.17. The van der Waals surface area contributed by atoms with E-state index < -0.39 is 5.97 Å². The molecule has 0 saturated carbocycles. The molecule has 0 bridgehead atoms. The molecule has 0 unspecified atom stereocenters. The van der Waals surface area contributed by atoms with Crippen molar-refractivity contribution in [2.45, 2.75) is 0 Å². The average molecular weight is 388 g/mol. The number of esters is 1. The van der Waals surface area contributed by atoms with Crippen molar-refractivity contribution in [2.75, 3.05) is 0 Å². The quantitative estimate of drug-likeness (QED) is 0.286. The van der Waals surface area contributed by atoms with E-state index >= 15 is 0 Å². The molecule has 5 rings (SSSR count). The predicted octanol–water partition coefficient (Wildman–Crippen LogP) is 6.05. The number of hydrogen-bond donors (Lipinski definition) is 2. The van der Waals surface area contributed by atoms with Gasteiger partial charge in [-0.25, -0.2) is 4.79 Å². The first-order chi connectivity index (χ1) is 13.6. The van der Waals surface area contributed by atoms with Gasteiger partial charge in [0, 0.05) is 26.7 Å². The van der Waals surface area contributed by atoms with Gasteiger partial charge in [-0.1, -0.05) is 41.9 Å². The number of fused-ring (bicyclic) bond motifs is 5. The Hall–Kier alpha value is -3.50. The lowest BCUT2D eigenvalue weighted by molar-refractivity contribution is 0.0732. The standard InChI is InChI=1S/C23H14ClNO3/c24-14-6-8-15(9-7-14)28-23(27)19-11-13-5-10-17-16-3-1-2-4-20(16)25-22(17)18(13)12-21(19)26/h1-12,25-26H. The zero-order valence-electron chi connectivity index (χ0n) is 14.6. The minimum Gasteiger partial charge on any atom is -0.507 e. The maximum atomic E-state index is 12.5. The molecule has 4 nitrogen and oxygen atoms in total. The normalized spacial score (nSPS) is 11.3. The first-order valence-electron chi connectivity index (χ1n) is 8.74. The Balaban J connectivity index is 1.62. The van der Waals surface area contributed by atoms with Crippen LogP contribution in [-0.4, -0.2) is 16.1 Å². The summed E-state index contributed by atoms with van der Waals surface area (Å²) in [6.45, 7) is 0. The van der Waals surface area contributed by atoms with Gasteiger partial charge in [-0.15, -0.1) is 0 Å². The van der Waals surface area contributed by atoms with Gasteiger partial charge in [-0.05, 0) is 47.9 Å². The molecule has 0 fully saturated rings. The van der Waals surface area contributed by atoms with E-state index in [0.29, 0.717) is 10.8 Å². The molecule has 1 heterocycles. The molecule has 0 spiro atoms. The molecule has 5 aromatic rings. The maximum Gasteiger partial charge on any atom is 0.347 e. The van der Waals surface area contributed by atoms with Crippen molar-refractivity contribution >= 4 is 50.1 Å². The first-order valence-corrected chi connectivity index (χ1v) is 9.12. The van der Waals surface area contributed by atoms with Crippen LogP contribution in [0.1, 0.15) is 10.4 Å². The lowest BCUT2D eigenvalue weighted by Gasteiger charge is -2.08. The number of H-pyrrole nitrogens is 1. The van der Waals surface area contributed by atoms with Crippen molar-refractivity contribution in [1.82, 2.24) is 4.98 Å². The third-order valence-electron chi connectivity index (χ3n) is 4.86. The minimum absolute atomic E-state index is 0.109. The number of halogens is 1. The van der Waals surface area contributed by atoms with Crippen LogP contribution in [0.15, 0.2) is 72.8 Å². The van der Waals surface area contributed by atoms with Crippen molar-refractivity contribution < 1.29 is 14.6 Å². The molecule has 0 saturated heterocycles. The van der Waals surface area contributed by atoms with Gasteiger partial charge in [-0.3, -0.25) is 0 Å². The van der Waals surface area contributed by atoms with Gasteiger partial charge in [0.1, 0.15) is 17.1 Å². The molecule has 4 aromatic carbocycles. The number of hydrogen-bond acceptors (Lipinski definition) is 3. The Morgan fingerprint density at radius 1 is 0.893 bits per heavy atom. The Bertz CT molecular complexity index is 1370.